The van der Waals surface area contributed by atoms with Gasteiger partial charge in [-0.2, -0.15) is 9.40 Å². The Morgan fingerprint density at radius 1 is 1.04 bits per heavy atom. The summed E-state index contributed by atoms with van der Waals surface area (Å²) in [6.07, 6.45) is 1.03. The third kappa shape index (κ3) is 3.76. The molecule has 0 unspecified atom stereocenters. The predicted octanol–water partition coefficient (Wildman–Crippen LogP) is 0.463. The van der Waals surface area contributed by atoms with Crippen molar-refractivity contribution in [2.45, 2.75) is 38.5 Å². The smallest absolute Gasteiger partial charge is 0.246 e. The number of nitrogens with one attached hydrogen (secondary N) is 1. The molecule has 0 aliphatic carbocycles. The van der Waals surface area contributed by atoms with E-state index in [0.717, 1.165) is 0 Å². The Bertz CT molecular complexity index is 735. The first-order valence-electron chi connectivity index (χ1n) is 7.69. The fourth-order valence-electron chi connectivity index (χ4n) is 2.83. The molecule has 23 heavy (non-hydrogen) atoms. The Kier molecular flexibility index (Phi) is 5.49. The van der Waals surface area contributed by atoms with Crippen LogP contribution in [0.25, 0.3) is 0 Å². The van der Waals surface area contributed by atoms with Gasteiger partial charge in [0.05, 0.1) is 17.1 Å². The lowest BCUT2D eigenvalue weighted by atomic mass is 10.4. The summed E-state index contributed by atoms with van der Waals surface area (Å²) in [5.41, 5.74) is 0.935. The van der Waals surface area contributed by atoms with Crippen LogP contribution in [0, 0.1) is 13.8 Å². The van der Waals surface area contributed by atoms with E-state index < -0.39 is 20.0 Å². The molecule has 132 valence electrons. The van der Waals surface area contributed by atoms with Gasteiger partial charge in [-0.15, -0.1) is 0 Å². The lowest BCUT2D eigenvalue weighted by Crippen LogP contribution is -2.38. The van der Waals surface area contributed by atoms with E-state index in [-0.39, 0.29) is 23.7 Å². The van der Waals surface area contributed by atoms with Crippen LogP contribution in [0.2, 0.25) is 0 Å². The van der Waals surface area contributed by atoms with Gasteiger partial charge >= 0.3 is 0 Å². The number of sulfonamides is 2. The Hall–Kier alpha value is -0.970. The van der Waals surface area contributed by atoms with Gasteiger partial charge in [0.15, 0.2) is 0 Å². The third-order valence-corrected chi connectivity index (χ3v) is 8.17. The summed E-state index contributed by atoms with van der Waals surface area (Å²) < 4.78 is 52.8. The number of aromatic amines is 1. The second-order valence-electron chi connectivity index (χ2n) is 5.74. The summed E-state index contributed by atoms with van der Waals surface area (Å²) in [6, 6.07) is 0. The number of H-pyrrole nitrogens is 1. The Morgan fingerprint density at radius 2 is 1.65 bits per heavy atom. The van der Waals surface area contributed by atoms with Crippen molar-refractivity contribution in [2.75, 3.05) is 31.9 Å². The molecule has 10 heteroatoms. The molecule has 1 aromatic heterocycles. The van der Waals surface area contributed by atoms with Crippen LogP contribution in [0.4, 0.5) is 0 Å². The first kappa shape index (κ1) is 18.4. The molecule has 0 saturated carbocycles. The largest absolute Gasteiger partial charge is 0.281 e. The van der Waals surface area contributed by atoms with Crippen LogP contribution in [-0.4, -0.2) is 67.6 Å². The van der Waals surface area contributed by atoms with Gasteiger partial charge in [0.25, 0.3) is 0 Å². The zero-order valence-electron chi connectivity index (χ0n) is 13.7. The van der Waals surface area contributed by atoms with E-state index in [1.165, 1.54) is 8.61 Å². The average Bonchev–Trinajstić information content (AvgIpc) is 2.67. The van der Waals surface area contributed by atoms with Crippen molar-refractivity contribution < 1.29 is 16.8 Å². The van der Waals surface area contributed by atoms with E-state index in [1.54, 1.807) is 13.8 Å². The second-order valence-corrected chi connectivity index (χ2v) is 9.70. The third-order valence-electron chi connectivity index (χ3n) is 3.93. The molecule has 0 bridgehead atoms. The maximum atomic E-state index is 12.8. The summed E-state index contributed by atoms with van der Waals surface area (Å²) in [7, 11) is -6.97. The van der Waals surface area contributed by atoms with Gasteiger partial charge in [0, 0.05) is 26.2 Å². The highest BCUT2D eigenvalue weighted by molar-refractivity contribution is 7.89. The number of hydrogen-bond acceptors (Lipinski definition) is 5. The maximum Gasteiger partial charge on any atom is 0.246 e. The van der Waals surface area contributed by atoms with E-state index in [1.807, 2.05) is 6.92 Å². The van der Waals surface area contributed by atoms with Gasteiger partial charge in [0.2, 0.25) is 20.0 Å². The molecule has 1 N–H and O–H groups in total. The summed E-state index contributed by atoms with van der Waals surface area (Å²) in [6.45, 7) is 6.15. The quantitative estimate of drug-likeness (QED) is 0.818. The highest BCUT2D eigenvalue weighted by Gasteiger charge is 2.33. The molecule has 1 aliphatic heterocycles. The number of rotatable bonds is 5. The summed E-state index contributed by atoms with van der Waals surface area (Å²) in [5.74, 6) is 0.0969. The van der Waals surface area contributed by atoms with E-state index in [9.17, 15) is 16.8 Å². The lowest BCUT2D eigenvalue weighted by Gasteiger charge is -2.21. The predicted molar refractivity (Wildman–Crippen MR) is 87.1 cm³/mol. The monoisotopic (exact) mass is 364 g/mol. The molecule has 0 radical (unpaired) electrons. The standard InChI is InChI=1S/C13H24N4O4S2/c1-4-10-22(18,19)16-6-5-7-17(9-8-16)23(20,21)13-11(2)14-15-12(13)3/h4-10H2,1-3H3,(H,14,15). The zero-order chi connectivity index (χ0) is 17.3. The van der Waals surface area contributed by atoms with E-state index in [0.29, 0.717) is 37.3 Å². The molecule has 8 nitrogen and oxygen atoms in total. The lowest BCUT2D eigenvalue weighted by molar-refractivity contribution is 0.404. The molecule has 0 spiro atoms. The minimum atomic E-state index is -3.67. The molecule has 0 amide bonds. The van der Waals surface area contributed by atoms with Crippen LogP contribution in [0.5, 0.6) is 0 Å². The number of hydrogen-bond donors (Lipinski definition) is 1. The molecule has 1 aromatic rings. The van der Waals surface area contributed by atoms with E-state index in [4.69, 9.17) is 0 Å². The topological polar surface area (TPSA) is 103 Å². The molecular formula is C13H24N4O4S2. The van der Waals surface area contributed by atoms with Crippen LogP contribution in [0.1, 0.15) is 31.2 Å². The number of aryl methyl sites for hydroxylation is 2. The highest BCUT2D eigenvalue weighted by atomic mass is 32.2. The van der Waals surface area contributed by atoms with Crippen LogP contribution in [0.3, 0.4) is 0 Å². The summed E-state index contributed by atoms with van der Waals surface area (Å²) in [4.78, 5) is 0.197. The molecule has 1 saturated heterocycles. The summed E-state index contributed by atoms with van der Waals surface area (Å²) in [5, 5.41) is 6.63. The van der Waals surface area contributed by atoms with Crippen LogP contribution >= 0.6 is 0 Å². The normalized spacial score (nSPS) is 18.9. The molecule has 1 fully saturated rings. The Balaban J connectivity index is 2.21. The van der Waals surface area contributed by atoms with Gasteiger partial charge in [-0.1, -0.05) is 6.92 Å². The first-order valence-corrected chi connectivity index (χ1v) is 10.7. The van der Waals surface area contributed by atoms with Gasteiger partial charge in [-0.25, -0.2) is 21.1 Å². The van der Waals surface area contributed by atoms with Crippen LogP contribution in [0.15, 0.2) is 4.90 Å². The highest BCUT2D eigenvalue weighted by Crippen LogP contribution is 2.23. The van der Waals surface area contributed by atoms with Crippen molar-refractivity contribution in [1.29, 1.82) is 0 Å². The van der Waals surface area contributed by atoms with Gasteiger partial charge in [-0.05, 0) is 26.7 Å². The van der Waals surface area contributed by atoms with Crippen molar-refractivity contribution in [1.82, 2.24) is 18.8 Å². The number of nitrogens with zero attached hydrogens (tertiary/aromatic N) is 3. The van der Waals surface area contributed by atoms with Crippen LogP contribution < -0.4 is 0 Å². The van der Waals surface area contributed by atoms with Crippen LogP contribution in [-0.2, 0) is 20.0 Å². The minimum absolute atomic E-state index is 0.0969. The number of aromatic nitrogens is 2. The molecule has 0 aromatic carbocycles. The molecule has 1 aliphatic rings. The van der Waals surface area contributed by atoms with Crippen molar-refractivity contribution in [3.05, 3.63) is 11.4 Å². The summed E-state index contributed by atoms with van der Waals surface area (Å²) >= 11 is 0. The maximum absolute atomic E-state index is 12.8. The van der Waals surface area contributed by atoms with E-state index >= 15 is 0 Å². The fourth-order valence-corrected chi connectivity index (χ4v) is 6.17. The van der Waals surface area contributed by atoms with Gasteiger partial charge < -0.3 is 0 Å². The first-order chi connectivity index (χ1) is 10.7. The fraction of sp³-hybridized carbons (Fsp3) is 0.769. The van der Waals surface area contributed by atoms with Gasteiger partial charge in [0.1, 0.15) is 4.90 Å². The van der Waals surface area contributed by atoms with Crippen molar-refractivity contribution in [3.8, 4) is 0 Å². The molecule has 0 atom stereocenters. The Morgan fingerprint density at radius 3 is 2.22 bits per heavy atom. The van der Waals surface area contributed by atoms with Crippen molar-refractivity contribution in [3.63, 3.8) is 0 Å². The second kappa shape index (κ2) is 6.88. The average molecular weight is 364 g/mol. The SMILES string of the molecule is CCCS(=O)(=O)N1CCCN(S(=O)(=O)c2c(C)n[nH]c2C)CC1. The van der Waals surface area contributed by atoms with E-state index in [2.05, 4.69) is 10.2 Å². The van der Waals surface area contributed by atoms with Gasteiger partial charge in [-0.3, -0.25) is 5.10 Å². The van der Waals surface area contributed by atoms with Crippen molar-refractivity contribution in [2.24, 2.45) is 0 Å². The van der Waals surface area contributed by atoms with Crippen molar-refractivity contribution >= 4 is 20.0 Å². The molecule has 2 rings (SSSR count). The molecule has 2 heterocycles. The minimum Gasteiger partial charge on any atom is -0.281 e. The molecular weight excluding hydrogens is 340 g/mol. The zero-order valence-corrected chi connectivity index (χ0v) is 15.4. The Labute approximate surface area is 138 Å².